The molecule has 0 aromatic heterocycles. The van der Waals surface area contributed by atoms with Crippen molar-refractivity contribution in [3.05, 3.63) is 344 Å². The van der Waals surface area contributed by atoms with E-state index in [1.807, 2.05) is 82.3 Å². The van der Waals surface area contributed by atoms with Crippen molar-refractivity contribution in [1.82, 2.24) is 9.80 Å². The second-order valence-corrected chi connectivity index (χ2v) is 32.7. The quantitative estimate of drug-likeness (QED) is 0.0488. The number of hydrogen-bond acceptors (Lipinski definition) is 17. The summed E-state index contributed by atoms with van der Waals surface area (Å²) in [5.41, 5.74) is 5.20. The van der Waals surface area contributed by atoms with Crippen molar-refractivity contribution in [3.63, 3.8) is 0 Å². The second kappa shape index (κ2) is 29.4. The Labute approximate surface area is 656 Å². The van der Waals surface area contributed by atoms with Gasteiger partial charge in [-0.25, -0.2) is 26.5 Å². The van der Waals surface area contributed by atoms with Gasteiger partial charge in [-0.3, -0.25) is 43.4 Å². The first-order valence-electron chi connectivity index (χ1n) is 36.0. The fourth-order valence-electron chi connectivity index (χ4n) is 13.8. The van der Waals surface area contributed by atoms with Crippen LogP contribution in [-0.4, -0.2) is 88.1 Å². The predicted octanol–water partition coefficient (Wildman–Crippen LogP) is 17.7. The zero-order chi connectivity index (χ0) is 80.4. The summed E-state index contributed by atoms with van der Waals surface area (Å²) in [6, 6.07) is 69.4. The minimum absolute atomic E-state index is 0.00327. The zero-order valence-corrected chi connectivity index (χ0v) is 64.3. The van der Waals surface area contributed by atoms with E-state index < -0.39 is 78.5 Å². The summed E-state index contributed by atoms with van der Waals surface area (Å²) >= 11 is 0. The van der Waals surface area contributed by atoms with Gasteiger partial charge in [-0.1, -0.05) is 106 Å². The number of amides is 7. The number of hydrogen-bond donors (Lipinski definition) is 1. The van der Waals surface area contributed by atoms with Gasteiger partial charge in [-0.05, 0) is 230 Å². The van der Waals surface area contributed by atoms with Gasteiger partial charge in [0, 0.05) is 36.2 Å². The molecule has 0 spiro atoms. The van der Waals surface area contributed by atoms with Crippen molar-refractivity contribution in [3.8, 4) is 46.0 Å². The molecule has 3 aliphatic heterocycles. The minimum atomic E-state index is -3.95. The number of esters is 1. The number of aryl methyl sites for hydroxylation is 2. The number of carbonyl (C=O) groups excluding carboxylic acids is 8. The summed E-state index contributed by atoms with van der Waals surface area (Å²) in [5.74, 6) is -2.19. The molecule has 0 aliphatic carbocycles. The lowest BCUT2D eigenvalue weighted by molar-refractivity contribution is 0.0466. The van der Waals surface area contributed by atoms with Crippen molar-refractivity contribution in [2.45, 2.75) is 78.6 Å². The highest BCUT2D eigenvalue weighted by Gasteiger charge is 2.39. The number of fused-ring (bicyclic) bond motifs is 3. The number of nitrogens with one attached hydrogen (secondary N) is 1. The van der Waals surface area contributed by atoms with E-state index >= 15 is 0 Å². The van der Waals surface area contributed by atoms with E-state index in [2.05, 4.69) is 19.2 Å². The molecule has 7 amide bonds. The molecular weight excluding hydrogens is 1490 g/mol. The molecule has 15 rings (SSSR count). The molecule has 0 bridgehead atoms. The van der Waals surface area contributed by atoms with E-state index in [1.165, 1.54) is 129 Å². The van der Waals surface area contributed by atoms with Gasteiger partial charge in [-0.2, -0.15) is 0 Å². The molecule has 3 aliphatic rings. The summed E-state index contributed by atoms with van der Waals surface area (Å²) in [6.45, 7) is 11.3. The van der Waals surface area contributed by atoms with E-state index in [-0.39, 0.29) is 93.1 Å². The lowest BCUT2D eigenvalue weighted by atomic mass is 9.77. The van der Waals surface area contributed by atoms with Crippen LogP contribution in [0.4, 0.5) is 11.4 Å². The Kier molecular flexibility index (Phi) is 19.5. The normalized spacial score (nSPS) is 13.4. The van der Waals surface area contributed by atoms with Crippen LogP contribution in [0.3, 0.4) is 0 Å². The van der Waals surface area contributed by atoms with E-state index in [9.17, 15) is 55.2 Å². The van der Waals surface area contributed by atoms with Crippen molar-refractivity contribution < 1.29 is 78.9 Å². The third-order valence-corrected chi connectivity index (χ3v) is 24.3. The first-order valence-corrected chi connectivity index (χ1v) is 39.0. The molecule has 0 radical (unpaired) electrons. The van der Waals surface area contributed by atoms with Crippen LogP contribution >= 0.6 is 0 Å². The number of rotatable bonds is 22. The Morgan fingerprint density at radius 3 is 1.14 bits per heavy atom. The monoisotopic (exact) mass is 1550 g/mol. The van der Waals surface area contributed by atoms with Gasteiger partial charge in [-0.15, -0.1) is 0 Å². The van der Waals surface area contributed by atoms with Crippen molar-refractivity contribution >= 4 is 78.4 Å². The Hall–Kier alpha value is -13.9. The molecule has 114 heavy (non-hydrogen) atoms. The summed E-state index contributed by atoms with van der Waals surface area (Å²) in [5, 5.41) is 2.81. The molecule has 0 fully saturated rings. The third kappa shape index (κ3) is 14.3. The first-order chi connectivity index (χ1) is 54.4. The average molecular weight is 1560 g/mol. The summed E-state index contributed by atoms with van der Waals surface area (Å²) < 4.78 is 86.1. The van der Waals surface area contributed by atoms with Crippen LogP contribution in [0.15, 0.2) is 280 Å². The van der Waals surface area contributed by atoms with Gasteiger partial charge in [0.1, 0.15) is 52.6 Å². The molecular formula is C91H70N4O17S2. The summed E-state index contributed by atoms with van der Waals surface area (Å²) in [4.78, 5) is 112. The maximum atomic E-state index is 15.0. The third-order valence-electron chi connectivity index (χ3n) is 20.7. The summed E-state index contributed by atoms with van der Waals surface area (Å²) in [6.07, 6.45) is 0. The van der Waals surface area contributed by atoms with Gasteiger partial charge >= 0.3 is 5.97 Å². The molecule has 1 N–H and O–H groups in total. The molecule has 0 atom stereocenters. The highest BCUT2D eigenvalue weighted by Crippen LogP contribution is 2.42. The van der Waals surface area contributed by atoms with Crippen LogP contribution < -0.4 is 29.2 Å². The van der Waals surface area contributed by atoms with Crippen LogP contribution in [0.25, 0.3) is 0 Å². The Bertz CT molecular complexity index is 6250. The van der Waals surface area contributed by atoms with E-state index in [0.717, 1.165) is 42.5 Å². The molecule has 3 heterocycles. The van der Waals surface area contributed by atoms with Gasteiger partial charge in [0.2, 0.25) is 19.7 Å². The lowest BCUT2D eigenvalue weighted by Gasteiger charge is -2.27. The number of benzene rings is 12. The Morgan fingerprint density at radius 2 is 0.693 bits per heavy atom. The van der Waals surface area contributed by atoms with Gasteiger partial charge in [0.25, 0.3) is 41.4 Å². The van der Waals surface area contributed by atoms with Crippen LogP contribution in [0.1, 0.15) is 150 Å². The van der Waals surface area contributed by atoms with E-state index in [0.29, 0.717) is 45.4 Å². The van der Waals surface area contributed by atoms with Gasteiger partial charge < -0.3 is 29.0 Å². The second-order valence-electron chi connectivity index (χ2n) is 28.8. The molecule has 23 heteroatoms. The van der Waals surface area contributed by atoms with Crippen LogP contribution in [0, 0.1) is 13.8 Å². The number of sulfone groups is 2. The minimum Gasteiger partial charge on any atom is -0.457 e. The Balaban J connectivity index is 0.712. The lowest BCUT2D eigenvalue weighted by Crippen LogP contribution is -2.29. The molecule has 0 saturated heterocycles. The van der Waals surface area contributed by atoms with Gasteiger partial charge in [0.05, 0.1) is 69.8 Å². The maximum absolute atomic E-state index is 15.0. The zero-order valence-electron chi connectivity index (χ0n) is 62.6. The average Bonchev–Trinajstić information content (AvgIpc) is 1.57. The topological polar surface area (TPSA) is 273 Å². The SMILES string of the molecule is Cc1ccc(S(=O)(=O)c2ccc(NC(=O)c3cc(Oc4ccc(C(C)(C)c5ccc(Oc6ccc7c(c6)C(=O)N(C)C7=O)cc5)cc4)ccc3C(=O)OCc3cc(C(C)(C)c4ccc(Oc5ccc6c(c5)C(=O)N(C)C6=O)cc4)ccc3Oc3ccc4c(c3)C(=O)N(c3ccc(S(=O)(=O)c5ccc(C)cc5)cc3)C4=O)cc2)cc1. The largest absolute Gasteiger partial charge is 0.457 e. The number of carbonyl (C=O) groups is 8. The summed E-state index contributed by atoms with van der Waals surface area (Å²) in [7, 11) is -5.04. The van der Waals surface area contributed by atoms with Crippen LogP contribution in [0.5, 0.6) is 46.0 Å². The first kappa shape index (κ1) is 75.5. The van der Waals surface area contributed by atoms with E-state index in [4.69, 9.17) is 23.7 Å². The molecule has 0 saturated carbocycles. The number of nitrogens with zero attached hydrogens (tertiary/aromatic N) is 3. The Morgan fingerprint density at radius 1 is 0.351 bits per heavy atom. The molecule has 12 aromatic carbocycles. The molecule has 0 unspecified atom stereocenters. The van der Waals surface area contributed by atoms with Crippen LogP contribution in [-0.2, 0) is 41.8 Å². The molecule has 568 valence electrons. The smallest absolute Gasteiger partial charge is 0.339 e. The highest BCUT2D eigenvalue weighted by atomic mass is 32.2. The molecule has 12 aromatic rings. The number of ether oxygens (including phenoxy) is 5. The van der Waals surface area contributed by atoms with Crippen molar-refractivity contribution in [2.75, 3.05) is 24.3 Å². The van der Waals surface area contributed by atoms with Crippen molar-refractivity contribution in [2.24, 2.45) is 0 Å². The number of anilines is 2. The van der Waals surface area contributed by atoms with Gasteiger partial charge in [0.15, 0.2) is 0 Å². The van der Waals surface area contributed by atoms with Crippen LogP contribution in [0.2, 0.25) is 0 Å². The number of imide groups is 3. The highest BCUT2D eigenvalue weighted by molar-refractivity contribution is 7.91. The standard InChI is InChI=1S/C91H70N4O17S2/c1-53-9-34-69(35-10-53)113(104,105)71-38-20-60(21-39-71)92-82(96)77-48-65(109-62-24-13-56(14-25-62)90(3,4)57-15-26-63(27-16-57)110-66-30-42-73-78(49-66)85(99)93(7)83(73)97)33-45-76(77)89(103)108-52-55-47-59(91(5,6)58-17-28-64(29-18-58)111-67-31-43-74-79(50-67)86(100)94(8)84(74)98)19-46-81(55)112-68-32-44-75-80(51-68)88(102)95(87(75)101)61-22-40-72(41-23-61)114(106,107)70-36-11-54(2)12-37-70/h9-51H,52H2,1-8H3,(H,92,96). The van der Waals surface area contributed by atoms with E-state index in [1.54, 1.807) is 91.0 Å². The molecule has 21 nitrogen and oxygen atoms in total. The van der Waals surface area contributed by atoms with Crippen molar-refractivity contribution in [1.29, 1.82) is 0 Å². The fraction of sp³-hybridized carbons (Fsp3) is 0.121. The fourth-order valence-corrected chi connectivity index (χ4v) is 16.3. The maximum Gasteiger partial charge on any atom is 0.339 e. The predicted molar refractivity (Wildman–Crippen MR) is 423 cm³/mol.